The number of hydrogen-bond acceptors (Lipinski definition) is 3. The maximum absolute atomic E-state index is 12.6. The molecule has 112 valence electrons. The molecule has 1 aliphatic rings. The van der Waals surface area contributed by atoms with Crippen LogP contribution in [0.15, 0.2) is 24.3 Å². The van der Waals surface area contributed by atoms with Gasteiger partial charge in [-0.2, -0.15) is 36.7 Å². The number of alkyl halides is 3. The monoisotopic (exact) mass is 321 g/mol. The first kappa shape index (κ1) is 16.0. The molecular weight excluding hydrogens is 303 g/mol. The number of halogens is 3. The molecule has 2 rings (SSSR count). The van der Waals surface area contributed by atoms with Crippen molar-refractivity contribution >= 4 is 23.5 Å². The molecule has 1 fully saturated rings. The number of hydrogen-bond donors (Lipinski definition) is 1. The summed E-state index contributed by atoms with van der Waals surface area (Å²) in [5, 5.41) is 3.45. The van der Waals surface area contributed by atoms with Gasteiger partial charge in [-0.15, -0.1) is 0 Å². The van der Waals surface area contributed by atoms with E-state index in [0.29, 0.717) is 12.5 Å². The van der Waals surface area contributed by atoms with Crippen LogP contribution in [0.1, 0.15) is 11.1 Å². The molecule has 6 heteroatoms. The van der Waals surface area contributed by atoms with Crippen LogP contribution in [-0.4, -0.2) is 35.6 Å². The second-order valence-electron chi connectivity index (χ2n) is 4.75. The third kappa shape index (κ3) is 5.22. The first-order chi connectivity index (χ1) is 9.55. The summed E-state index contributed by atoms with van der Waals surface area (Å²) in [6, 6.07) is 6.08. The molecule has 0 aliphatic carbocycles. The Labute approximate surface area is 126 Å². The number of rotatable bonds is 4. The fourth-order valence-electron chi connectivity index (χ4n) is 2.06. The Balaban J connectivity index is 1.81. The van der Waals surface area contributed by atoms with Crippen molar-refractivity contribution in [1.29, 1.82) is 0 Å². The van der Waals surface area contributed by atoms with E-state index in [4.69, 9.17) is 0 Å². The molecule has 1 nitrogen and oxygen atoms in total. The van der Waals surface area contributed by atoms with Gasteiger partial charge in [-0.25, -0.2) is 0 Å². The van der Waals surface area contributed by atoms with Gasteiger partial charge in [0.15, 0.2) is 0 Å². The molecule has 0 amide bonds. The van der Waals surface area contributed by atoms with Gasteiger partial charge in [0.2, 0.25) is 0 Å². The van der Waals surface area contributed by atoms with Crippen molar-refractivity contribution in [2.24, 2.45) is 0 Å². The summed E-state index contributed by atoms with van der Waals surface area (Å²) in [6.07, 6.45) is -3.62. The van der Waals surface area contributed by atoms with Crippen LogP contribution in [0.4, 0.5) is 13.2 Å². The molecule has 0 radical (unpaired) electrons. The average Bonchev–Trinajstić information content (AvgIpc) is 2.67. The predicted octanol–water partition coefficient (Wildman–Crippen LogP) is 3.69. The first-order valence-corrected chi connectivity index (χ1v) is 8.91. The van der Waals surface area contributed by atoms with E-state index in [0.717, 1.165) is 29.7 Å². The lowest BCUT2D eigenvalue weighted by atomic mass is 10.1. The van der Waals surface area contributed by atoms with Crippen LogP contribution in [0, 0.1) is 0 Å². The van der Waals surface area contributed by atoms with Crippen molar-refractivity contribution in [3.05, 3.63) is 35.4 Å². The maximum atomic E-state index is 12.6. The third-order valence-electron chi connectivity index (χ3n) is 3.11. The van der Waals surface area contributed by atoms with E-state index in [2.05, 4.69) is 5.32 Å². The van der Waals surface area contributed by atoms with E-state index in [1.165, 1.54) is 23.6 Å². The lowest BCUT2D eigenvalue weighted by Gasteiger charge is -2.15. The van der Waals surface area contributed by atoms with Crippen LogP contribution in [0.25, 0.3) is 0 Å². The summed E-state index contributed by atoms with van der Waals surface area (Å²) < 4.78 is 37.8. The molecule has 0 bridgehead atoms. The molecule has 0 saturated carbocycles. The van der Waals surface area contributed by atoms with Gasteiger partial charge >= 0.3 is 6.18 Å². The minimum absolute atomic E-state index is 0.471. The summed E-state index contributed by atoms with van der Waals surface area (Å²) >= 11 is 3.89. The van der Waals surface area contributed by atoms with Crippen molar-refractivity contribution in [2.75, 3.05) is 29.6 Å². The van der Waals surface area contributed by atoms with E-state index < -0.39 is 11.7 Å². The summed E-state index contributed by atoms with van der Waals surface area (Å²) in [5.41, 5.74) is 0.178. The Hall–Kier alpha value is -0.330. The molecule has 0 unspecified atom stereocenters. The van der Waals surface area contributed by atoms with Crippen LogP contribution >= 0.6 is 23.5 Å². The second kappa shape index (κ2) is 7.61. The van der Waals surface area contributed by atoms with Crippen LogP contribution in [0.2, 0.25) is 0 Å². The number of benzene rings is 1. The zero-order valence-corrected chi connectivity index (χ0v) is 12.7. The van der Waals surface area contributed by atoms with E-state index in [9.17, 15) is 13.2 Å². The van der Waals surface area contributed by atoms with Gasteiger partial charge in [-0.1, -0.05) is 18.2 Å². The molecule has 1 aromatic carbocycles. The number of nitrogens with one attached hydrogen (secondary N) is 1. The fraction of sp³-hybridized carbons (Fsp3) is 0.571. The van der Waals surface area contributed by atoms with Gasteiger partial charge in [-0.05, 0) is 24.6 Å². The molecule has 1 N–H and O–H groups in total. The summed E-state index contributed by atoms with van der Waals surface area (Å²) in [5.74, 6) is 4.57. The molecular formula is C14H18F3NS2. The van der Waals surface area contributed by atoms with Gasteiger partial charge in [0.25, 0.3) is 0 Å². The highest BCUT2D eigenvalue weighted by atomic mass is 32.2. The molecule has 0 spiro atoms. The molecule has 0 atom stereocenters. The highest BCUT2D eigenvalue weighted by molar-refractivity contribution is 8.03. The quantitative estimate of drug-likeness (QED) is 0.908. The van der Waals surface area contributed by atoms with Gasteiger partial charge in [0.05, 0.1) is 5.56 Å². The van der Waals surface area contributed by atoms with Gasteiger partial charge in [0, 0.05) is 29.1 Å². The van der Waals surface area contributed by atoms with E-state index in [-0.39, 0.29) is 0 Å². The Bertz CT molecular complexity index is 415. The summed E-state index contributed by atoms with van der Waals surface area (Å²) in [4.78, 5) is 0. The van der Waals surface area contributed by atoms with E-state index in [1.54, 1.807) is 6.07 Å². The lowest BCUT2D eigenvalue weighted by Crippen LogP contribution is -2.34. The Morgan fingerprint density at radius 2 is 1.85 bits per heavy atom. The van der Waals surface area contributed by atoms with Gasteiger partial charge in [-0.3, -0.25) is 0 Å². The zero-order valence-electron chi connectivity index (χ0n) is 11.1. The van der Waals surface area contributed by atoms with E-state index in [1.807, 2.05) is 23.5 Å². The summed E-state index contributed by atoms with van der Waals surface area (Å²) in [7, 11) is 0. The van der Waals surface area contributed by atoms with Crippen LogP contribution in [-0.2, 0) is 12.6 Å². The van der Waals surface area contributed by atoms with Crippen LogP contribution < -0.4 is 5.32 Å². The van der Waals surface area contributed by atoms with Crippen molar-refractivity contribution in [3.8, 4) is 0 Å². The SMILES string of the molecule is FC(F)(F)c1cccc(CCNC2CSCCSC2)c1. The Kier molecular flexibility index (Phi) is 6.11. The molecule has 20 heavy (non-hydrogen) atoms. The number of thioether (sulfide) groups is 2. The third-order valence-corrected chi connectivity index (χ3v) is 5.63. The normalized spacial score (nSPS) is 17.9. The Morgan fingerprint density at radius 3 is 2.50 bits per heavy atom. The highest BCUT2D eigenvalue weighted by Gasteiger charge is 2.30. The molecule has 1 aliphatic heterocycles. The summed E-state index contributed by atoms with van der Waals surface area (Å²) in [6.45, 7) is 0.729. The fourth-order valence-corrected chi connectivity index (χ4v) is 4.52. The average molecular weight is 321 g/mol. The predicted molar refractivity (Wildman–Crippen MR) is 81.6 cm³/mol. The van der Waals surface area contributed by atoms with Crippen molar-refractivity contribution in [1.82, 2.24) is 5.32 Å². The molecule has 1 aromatic rings. The van der Waals surface area contributed by atoms with Crippen LogP contribution in [0.3, 0.4) is 0 Å². The van der Waals surface area contributed by atoms with Crippen molar-refractivity contribution < 1.29 is 13.2 Å². The molecule has 1 heterocycles. The maximum Gasteiger partial charge on any atom is 0.416 e. The largest absolute Gasteiger partial charge is 0.416 e. The molecule has 1 saturated heterocycles. The minimum Gasteiger partial charge on any atom is -0.312 e. The topological polar surface area (TPSA) is 12.0 Å². The van der Waals surface area contributed by atoms with Gasteiger partial charge < -0.3 is 5.32 Å². The standard InChI is InChI=1S/C14H18F3NS2/c15-14(16,17)12-3-1-2-11(8-12)4-5-18-13-9-19-6-7-20-10-13/h1-3,8,13,18H,4-7,9-10H2. The zero-order chi connectivity index (χ0) is 14.4. The van der Waals surface area contributed by atoms with Crippen molar-refractivity contribution in [2.45, 2.75) is 18.6 Å². The highest BCUT2D eigenvalue weighted by Crippen LogP contribution is 2.29. The molecule has 0 aromatic heterocycles. The minimum atomic E-state index is -4.25. The smallest absolute Gasteiger partial charge is 0.312 e. The lowest BCUT2D eigenvalue weighted by molar-refractivity contribution is -0.137. The van der Waals surface area contributed by atoms with Crippen LogP contribution in [0.5, 0.6) is 0 Å². The van der Waals surface area contributed by atoms with Gasteiger partial charge in [0.1, 0.15) is 0 Å². The second-order valence-corrected chi connectivity index (χ2v) is 7.05. The first-order valence-electron chi connectivity index (χ1n) is 6.61. The van der Waals surface area contributed by atoms with E-state index >= 15 is 0 Å². The Morgan fingerprint density at radius 1 is 1.15 bits per heavy atom. The van der Waals surface area contributed by atoms with Crippen molar-refractivity contribution in [3.63, 3.8) is 0 Å².